The van der Waals surface area contributed by atoms with Gasteiger partial charge in [0.05, 0.1) is 4.48 Å². The highest BCUT2D eigenvalue weighted by molar-refractivity contribution is 9.12. The van der Waals surface area contributed by atoms with Gasteiger partial charge in [-0.1, -0.05) is 38.8 Å². The average Bonchev–Trinajstić information content (AvgIpc) is 2.80. The lowest BCUT2D eigenvalue weighted by Crippen LogP contribution is -2.57. The van der Waals surface area contributed by atoms with Crippen molar-refractivity contribution in [3.8, 4) is 0 Å². The first-order chi connectivity index (χ1) is 10.1. The zero-order chi connectivity index (χ0) is 16.5. The van der Waals surface area contributed by atoms with Gasteiger partial charge in [-0.15, -0.1) is 0 Å². The first kappa shape index (κ1) is 17.1. The van der Waals surface area contributed by atoms with Crippen molar-refractivity contribution in [3.63, 3.8) is 0 Å². The number of hydrogen-bond acceptors (Lipinski definition) is 4. The molecule has 0 aromatic rings. The monoisotopic (exact) mass is 498 g/mol. The third-order valence-corrected chi connectivity index (χ3v) is 9.24. The molecule has 0 aromatic carbocycles. The fourth-order valence-electron chi connectivity index (χ4n) is 4.24. The molecule has 3 rings (SSSR count). The number of aliphatic hydroxyl groups is 1. The molecule has 7 heteroatoms. The molecule has 1 saturated heterocycles. The van der Waals surface area contributed by atoms with E-state index in [1.165, 1.54) is 0 Å². The summed E-state index contributed by atoms with van der Waals surface area (Å²) < 4.78 is 5.17. The number of allylic oxidation sites excluding steroid dienone is 1. The molecule has 2 fully saturated rings. The van der Waals surface area contributed by atoms with Gasteiger partial charge in [0.1, 0.15) is 21.4 Å². The molecule has 1 N–H and O–H groups in total. The zero-order valence-corrected chi connectivity index (χ0v) is 17.0. The van der Waals surface area contributed by atoms with E-state index in [2.05, 4.69) is 47.8 Å². The number of esters is 1. The Morgan fingerprint density at radius 2 is 2.05 bits per heavy atom. The maximum absolute atomic E-state index is 12.8. The molecule has 1 heterocycles. The van der Waals surface area contributed by atoms with Crippen molar-refractivity contribution >= 4 is 59.5 Å². The molecule has 0 radical (unpaired) electrons. The first-order valence-corrected chi connectivity index (χ1v) is 9.95. The van der Waals surface area contributed by atoms with Crippen molar-refractivity contribution in [2.45, 2.75) is 42.7 Å². The predicted octanol–water partition coefficient (Wildman–Crippen LogP) is 3.09. The number of fused-ring (bicyclic) bond motifs is 3. The van der Waals surface area contributed by atoms with Crippen LogP contribution in [0.2, 0.25) is 0 Å². The van der Waals surface area contributed by atoms with Gasteiger partial charge in [-0.3, -0.25) is 9.59 Å². The Hall–Kier alpha value is 0.280. The van der Waals surface area contributed by atoms with Crippen LogP contribution in [0.5, 0.6) is 0 Å². The standard InChI is InChI=1S/C15H17Br3O4/c1-7-3-4-8-11(22-12(20)14(8,18)6-16)13(2)10(19)9(17)5-15(7,13)21/h5,7-8,11,21H,3-4,6H2,1-2H3/t7-,8+,11+,13-,14-,15+/m0/s1. The molecule has 0 bridgehead atoms. The molecular weight excluding hydrogens is 484 g/mol. The van der Waals surface area contributed by atoms with Crippen LogP contribution < -0.4 is 0 Å². The zero-order valence-electron chi connectivity index (χ0n) is 12.2. The minimum absolute atomic E-state index is 0.104. The van der Waals surface area contributed by atoms with Crippen LogP contribution in [0.3, 0.4) is 0 Å². The number of alkyl halides is 2. The van der Waals surface area contributed by atoms with E-state index in [4.69, 9.17) is 4.74 Å². The van der Waals surface area contributed by atoms with E-state index in [0.717, 1.165) is 0 Å². The van der Waals surface area contributed by atoms with Crippen molar-refractivity contribution < 1.29 is 19.4 Å². The summed E-state index contributed by atoms with van der Waals surface area (Å²) in [5.41, 5.74) is -2.48. The lowest BCUT2D eigenvalue weighted by Gasteiger charge is -2.43. The van der Waals surface area contributed by atoms with E-state index in [1.807, 2.05) is 6.92 Å². The number of halogens is 3. The van der Waals surface area contributed by atoms with E-state index < -0.39 is 21.4 Å². The van der Waals surface area contributed by atoms with E-state index in [-0.39, 0.29) is 23.6 Å². The predicted molar refractivity (Wildman–Crippen MR) is 92.3 cm³/mol. The normalized spacial score (nSPS) is 51.0. The quantitative estimate of drug-likeness (QED) is 0.444. The molecule has 0 unspecified atom stereocenters. The summed E-state index contributed by atoms with van der Waals surface area (Å²) in [4.78, 5) is 25.2. The number of ketones is 1. The highest BCUT2D eigenvalue weighted by atomic mass is 79.9. The Labute approximate surface area is 154 Å². The topological polar surface area (TPSA) is 63.6 Å². The van der Waals surface area contributed by atoms with E-state index >= 15 is 0 Å². The molecule has 0 amide bonds. The second-order valence-corrected chi connectivity index (χ2v) is 9.59. The third-order valence-electron chi connectivity index (χ3n) is 5.82. The van der Waals surface area contributed by atoms with Gasteiger partial charge in [0.25, 0.3) is 0 Å². The van der Waals surface area contributed by atoms with Crippen LogP contribution in [0, 0.1) is 17.3 Å². The SMILES string of the molecule is C[C@H]1CC[C@@H]2[C@@H](OC(=O)[C@]2(Br)CBr)[C@]2(C)C(=O)C(Br)=C[C@@]12O. The van der Waals surface area contributed by atoms with Crippen molar-refractivity contribution in [3.05, 3.63) is 10.6 Å². The van der Waals surface area contributed by atoms with E-state index in [1.54, 1.807) is 13.0 Å². The fraction of sp³-hybridized carbons (Fsp3) is 0.733. The summed E-state index contributed by atoms with van der Waals surface area (Å²) in [5, 5.41) is 11.7. The molecule has 0 spiro atoms. The van der Waals surface area contributed by atoms with Crippen molar-refractivity contribution in [2.24, 2.45) is 17.3 Å². The summed E-state index contributed by atoms with van der Waals surface area (Å²) in [7, 11) is 0. The lowest BCUT2D eigenvalue weighted by atomic mass is 9.64. The first-order valence-electron chi connectivity index (χ1n) is 7.24. The molecule has 4 nitrogen and oxygen atoms in total. The Morgan fingerprint density at radius 3 is 2.64 bits per heavy atom. The van der Waals surface area contributed by atoms with Gasteiger partial charge in [-0.2, -0.15) is 0 Å². The van der Waals surface area contributed by atoms with Gasteiger partial charge in [-0.25, -0.2) is 0 Å². The number of carbonyl (C=O) groups excluding carboxylic acids is 2. The molecule has 2 aliphatic carbocycles. The largest absolute Gasteiger partial charge is 0.460 e. The Balaban J connectivity index is 2.17. The summed E-state index contributed by atoms with van der Waals surface area (Å²) in [6.07, 6.45) is 2.38. The Kier molecular flexibility index (Phi) is 4.00. The van der Waals surface area contributed by atoms with Gasteiger partial charge >= 0.3 is 5.97 Å². The summed E-state index contributed by atoms with van der Waals surface area (Å²) >= 11 is 10.2. The van der Waals surface area contributed by atoms with Crippen LogP contribution in [0.4, 0.5) is 0 Å². The fourth-order valence-corrected chi connectivity index (χ4v) is 6.21. The molecule has 0 aromatic heterocycles. The van der Waals surface area contributed by atoms with Crippen LogP contribution >= 0.6 is 47.8 Å². The van der Waals surface area contributed by atoms with Crippen LogP contribution in [0.1, 0.15) is 26.7 Å². The lowest BCUT2D eigenvalue weighted by molar-refractivity contribution is -0.166. The maximum Gasteiger partial charge on any atom is 0.324 e. The molecule has 122 valence electrons. The summed E-state index contributed by atoms with van der Waals surface area (Å²) in [6.45, 7) is 3.67. The van der Waals surface area contributed by atoms with Crippen molar-refractivity contribution in [1.82, 2.24) is 0 Å². The molecule has 6 atom stereocenters. The van der Waals surface area contributed by atoms with Crippen molar-refractivity contribution in [1.29, 1.82) is 0 Å². The second kappa shape index (κ2) is 5.14. The van der Waals surface area contributed by atoms with Gasteiger partial charge in [0.15, 0.2) is 5.78 Å². The summed E-state index contributed by atoms with van der Waals surface area (Å²) in [5.74, 6) is -0.837. The molecule has 1 aliphatic heterocycles. The maximum atomic E-state index is 12.8. The Bertz CT molecular complexity index is 591. The molecule has 22 heavy (non-hydrogen) atoms. The highest BCUT2D eigenvalue weighted by Crippen LogP contribution is 2.60. The van der Waals surface area contributed by atoms with Crippen LogP contribution in [-0.4, -0.2) is 38.2 Å². The van der Waals surface area contributed by atoms with Gasteiger partial charge < -0.3 is 9.84 Å². The number of hydrogen-bond donors (Lipinski definition) is 1. The van der Waals surface area contributed by atoms with E-state index in [0.29, 0.717) is 22.7 Å². The highest BCUT2D eigenvalue weighted by Gasteiger charge is 2.71. The minimum atomic E-state index is -1.31. The molecule has 3 aliphatic rings. The minimum Gasteiger partial charge on any atom is -0.460 e. The van der Waals surface area contributed by atoms with Crippen LogP contribution in [0.15, 0.2) is 10.6 Å². The van der Waals surface area contributed by atoms with Gasteiger partial charge in [0, 0.05) is 11.2 Å². The van der Waals surface area contributed by atoms with Gasteiger partial charge in [-0.05, 0) is 47.7 Å². The molecular formula is C15H17Br3O4. The van der Waals surface area contributed by atoms with Crippen molar-refractivity contribution in [2.75, 3.05) is 5.33 Å². The second-order valence-electron chi connectivity index (χ2n) is 6.76. The van der Waals surface area contributed by atoms with Crippen LogP contribution in [0.25, 0.3) is 0 Å². The number of Topliss-reactive ketones (excluding diaryl/α,β-unsaturated/α-hetero) is 1. The number of ether oxygens (including phenoxy) is 1. The summed E-state index contributed by atoms with van der Waals surface area (Å²) in [6, 6.07) is 0. The van der Waals surface area contributed by atoms with E-state index in [9.17, 15) is 14.7 Å². The number of rotatable bonds is 1. The van der Waals surface area contributed by atoms with Crippen LogP contribution in [-0.2, 0) is 14.3 Å². The third kappa shape index (κ3) is 1.82. The van der Waals surface area contributed by atoms with Gasteiger partial charge in [0.2, 0.25) is 0 Å². The number of carbonyl (C=O) groups is 2. The Morgan fingerprint density at radius 1 is 1.41 bits per heavy atom. The average molecular weight is 501 g/mol. The molecule has 1 saturated carbocycles. The smallest absolute Gasteiger partial charge is 0.324 e.